The average Bonchev–Trinajstić information content (AvgIpc) is 3.40. The second-order valence-corrected chi connectivity index (χ2v) is 8.18. The molecule has 2 N–H and O–H groups in total. The fourth-order valence-corrected chi connectivity index (χ4v) is 3.78. The molecule has 1 aromatic carbocycles. The molecule has 0 spiro atoms. The van der Waals surface area contributed by atoms with Gasteiger partial charge in [0.2, 0.25) is 5.89 Å². The Morgan fingerprint density at radius 3 is 2.84 bits per heavy atom. The van der Waals surface area contributed by atoms with E-state index in [0.29, 0.717) is 35.6 Å². The first-order chi connectivity index (χ1) is 15.0. The maximum atomic E-state index is 12.2. The molecular weight excluding hydrogens is 416 g/mol. The predicted molar refractivity (Wildman–Crippen MR) is 119 cm³/mol. The van der Waals surface area contributed by atoms with Crippen molar-refractivity contribution in [1.29, 1.82) is 0 Å². The highest BCUT2D eigenvalue weighted by atomic mass is 32.1. The van der Waals surface area contributed by atoms with E-state index in [1.807, 2.05) is 38.1 Å². The molecule has 0 radical (unpaired) electrons. The van der Waals surface area contributed by atoms with Crippen molar-refractivity contribution >= 4 is 32.7 Å². The van der Waals surface area contributed by atoms with Crippen LogP contribution in [0.3, 0.4) is 0 Å². The zero-order valence-corrected chi connectivity index (χ0v) is 18.2. The minimum absolute atomic E-state index is 0.178. The van der Waals surface area contributed by atoms with Gasteiger partial charge in [0.25, 0.3) is 0 Å². The van der Waals surface area contributed by atoms with E-state index in [1.165, 1.54) is 11.3 Å². The third-order valence-electron chi connectivity index (χ3n) is 4.50. The molecule has 31 heavy (non-hydrogen) atoms. The lowest BCUT2D eigenvalue weighted by atomic mass is 10.1. The predicted octanol–water partition coefficient (Wildman–Crippen LogP) is 4.24. The largest absolute Gasteiger partial charge is 0.495 e. The number of pyridine rings is 1. The molecule has 0 fully saturated rings. The van der Waals surface area contributed by atoms with Gasteiger partial charge in [-0.15, -0.1) is 0 Å². The van der Waals surface area contributed by atoms with Crippen LogP contribution < -0.4 is 15.4 Å². The SMILES string of the molecule is COc1cncc(-c2ccc3nc(NC(=O)NCCc4noc(C(C)C)n4)sc3c2)c1. The number of aromatic nitrogens is 4. The number of benzene rings is 1. The summed E-state index contributed by atoms with van der Waals surface area (Å²) in [6, 6.07) is 7.51. The number of nitrogens with zero attached hydrogens (tertiary/aromatic N) is 4. The van der Waals surface area contributed by atoms with Crippen LogP contribution in [0, 0.1) is 0 Å². The molecule has 0 atom stereocenters. The van der Waals surface area contributed by atoms with Crippen molar-refractivity contribution in [2.24, 2.45) is 0 Å². The quantitative estimate of drug-likeness (QED) is 0.443. The summed E-state index contributed by atoms with van der Waals surface area (Å²) < 4.78 is 11.4. The summed E-state index contributed by atoms with van der Waals surface area (Å²) >= 11 is 1.41. The molecule has 0 aliphatic rings. The van der Waals surface area contributed by atoms with Crippen LogP contribution in [0.5, 0.6) is 5.75 Å². The van der Waals surface area contributed by atoms with Crippen LogP contribution in [0.15, 0.2) is 41.2 Å². The summed E-state index contributed by atoms with van der Waals surface area (Å²) in [4.78, 5) is 25.2. The molecule has 4 rings (SSSR count). The van der Waals surface area contributed by atoms with Crippen LogP contribution in [0.2, 0.25) is 0 Å². The number of nitrogens with one attached hydrogen (secondary N) is 2. The van der Waals surface area contributed by atoms with Gasteiger partial charge in [0.1, 0.15) is 5.75 Å². The number of carbonyl (C=O) groups is 1. The zero-order valence-electron chi connectivity index (χ0n) is 17.4. The van der Waals surface area contributed by atoms with Crippen molar-refractivity contribution in [1.82, 2.24) is 25.4 Å². The summed E-state index contributed by atoms with van der Waals surface area (Å²) in [5.41, 5.74) is 2.76. The summed E-state index contributed by atoms with van der Waals surface area (Å²) in [7, 11) is 1.61. The number of hydrogen-bond acceptors (Lipinski definition) is 8. The summed E-state index contributed by atoms with van der Waals surface area (Å²) in [5.74, 6) is 2.04. The standard InChI is InChI=1S/C21H22N6O3S/c1-12(2)19-25-18(27-30-19)6-7-23-20(28)26-21-24-16-5-4-13(9-17(16)31-21)14-8-15(29-3)11-22-10-14/h4-5,8-12H,6-7H2,1-3H3,(H2,23,24,26,28). The van der Waals surface area contributed by atoms with E-state index in [9.17, 15) is 4.79 Å². The molecule has 3 heterocycles. The lowest BCUT2D eigenvalue weighted by Gasteiger charge is -2.03. The smallest absolute Gasteiger partial charge is 0.321 e. The van der Waals surface area contributed by atoms with E-state index in [1.54, 1.807) is 19.5 Å². The van der Waals surface area contributed by atoms with E-state index in [-0.39, 0.29) is 11.9 Å². The Labute approximate surface area is 182 Å². The van der Waals surface area contributed by atoms with Crippen molar-refractivity contribution in [3.8, 4) is 16.9 Å². The van der Waals surface area contributed by atoms with Crippen LogP contribution in [0.25, 0.3) is 21.3 Å². The summed E-state index contributed by atoms with van der Waals surface area (Å²) in [6.07, 6.45) is 3.93. The van der Waals surface area contributed by atoms with Gasteiger partial charge in [-0.05, 0) is 23.8 Å². The van der Waals surface area contributed by atoms with E-state index in [4.69, 9.17) is 9.26 Å². The number of urea groups is 1. The van der Waals surface area contributed by atoms with Gasteiger partial charge >= 0.3 is 6.03 Å². The molecule has 0 saturated carbocycles. The highest BCUT2D eigenvalue weighted by Crippen LogP contribution is 2.31. The average molecular weight is 439 g/mol. The van der Waals surface area contributed by atoms with Crippen LogP contribution >= 0.6 is 11.3 Å². The van der Waals surface area contributed by atoms with Crippen LogP contribution in [-0.2, 0) is 6.42 Å². The summed E-state index contributed by atoms with van der Waals surface area (Å²) in [5, 5.41) is 10.00. The Bertz CT molecular complexity index is 1200. The van der Waals surface area contributed by atoms with Crippen LogP contribution in [0.1, 0.15) is 31.5 Å². The molecule has 10 heteroatoms. The third kappa shape index (κ3) is 4.97. The van der Waals surface area contributed by atoms with Gasteiger partial charge in [-0.25, -0.2) is 9.78 Å². The number of carbonyl (C=O) groups excluding carboxylic acids is 1. The Morgan fingerprint density at radius 2 is 2.06 bits per heavy atom. The molecule has 3 aromatic heterocycles. The number of thiazole rings is 1. The third-order valence-corrected chi connectivity index (χ3v) is 5.44. The molecular formula is C21H22N6O3S. The van der Waals surface area contributed by atoms with Gasteiger partial charge in [0.15, 0.2) is 11.0 Å². The fourth-order valence-electron chi connectivity index (χ4n) is 2.88. The van der Waals surface area contributed by atoms with E-state index < -0.39 is 0 Å². The molecule has 0 bridgehead atoms. The minimum atomic E-state index is -0.330. The lowest BCUT2D eigenvalue weighted by Crippen LogP contribution is -2.30. The minimum Gasteiger partial charge on any atom is -0.495 e. The molecule has 0 aliphatic heterocycles. The molecule has 4 aromatic rings. The Hall–Kier alpha value is -3.53. The Balaban J connectivity index is 1.37. The molecule has 0 aliphatic carbocycles. The van der Waals surface area contributed by atoms with E-state index >= 15 is 0 Å². The van der Waals surface area contributed by atoms with Crippen molar-refractivity contribution in [2.75, 3.05) is 19.0 Å². The van der Waals surface area contributed by atoms with Crippen molar-refractivity contribution in [2.45, 2.75) is 26.2 Å². The maximum Gasteiger partial charge on any atom is 0.321 e. The van der Waals surface area contributed by atoms with Gasteiger partial charge < -0.3 is 14.6 Å². The lowest BCUT2D eigenvalue weighted by molar-refractivity contribution is 0.252. The molecule has 160 valence electrons. The van der Waals surface area contributed by atoms with Gasteiger partial charge in [0, 0.05) is 30.6 Å². The number of anilines is 1. The molecule has 9 nitrogen and oxygen atoms in total. The molecule has 0 unspecified atom stereocenters. The second-order valence-electron chi connectivity index (χ2n) is 7.15. The van der Waals surface area contributed by atoms with Gasteiger partial charge in [0.05, 0.1) is 23.5 Å². The van der Waals surface area contributed by atoms with Gasteiger partial charge in [-0.2, -0.15) is 4.98 Å². The first-order valence-corrected chi connectivity index (χ1v) is 10.6. The molecule has 2 amide bonds. The van der Waals surface area contributed by atoms with Crippen molar-refractivity contribution < 1.29 is 14.1 Å². The fraction of sp³-hybridized carbons (Fsp3) is 0.286. The zero-order chi connectivity index (χ0) is 21.8. The Kier molecular flexibility index (Phi) is 6.08. The highest BCUT2D eigenvalue weighted by Gasteiger charge is 2.12. The van der Waals surface area contributed by atoms with Crippen LogP contribution in [0.4, 0.5) is 9.93 Å². The number of fused-ring (bicyclic) bond motifs is 1. The van der Waals surface area contributed by atoms with E-state index in [0.717, 1.165) is 21.3 Å². The number of methoxy groups -OCH3 is 1. The normalized spacial score (nSPS) is 11.1. The number of amides is 2. The number of ether oxygens (including phenoxy) is 1. The van der Waals surface area contributed by atoms with Crippen molar-refractivity contribution in [3.05, 3.63) is 48.4 Å². The topological polar surface area (TPSA) is 115 Å². The van der Waals surface area contributed by atoms with Gasteiger partial charge in [-0.1, -0.05) is 36.4 Å². The van der Waals surface area contributed by atoms with E-state index in [2.05, 4.69) is 30.7 Å². The summed E-state index contributed by atoms with van der Waals surface area (Å²) in [6.45, 7) is 4.36. The number of rotatable bonds is 7. The van der Waals surface area contributed by atoms with Crippen LogP contribution in [-0.4, -0.2) is 39.8 Å². The highest BCUT2D eigenvalue weighted by molar-refractivity contribution is 7.22. The molecule has 0 saturated heterocycles. The second kappa shape index (κ2) is 9.09. The first kappa shape index (κ1) is 20.7. The first-order valence-electron chi connectivity index (χ1n) is 9.79. The monoisotopic (exact) mass is 438 g/mol. The van der Waals surface area contributed by atoms with Crippen molar-refractivity contribution in [3.63, 3.8) is 0 Å². The van der Waals surface area contributed by atoms with Gasteiger partial charge in [-0.3, -0.25) is 10.3 Å². The Morgan fingerprint density at radius 1 is 1.19 bits per heavy atom. The maximum absolute atomic E-state index is 12.2. The number of hydrogen-bond donors (Lipinski definition) is 2.